The molecule has 0 bridgehead atoms. The molecule has 2 N–H and O–H groups in total. The van der Waals surface area contributed by atoms with E-state index >= 15 is 0 Å². The summed E-state index contributed by atoms with van der Waals surface area (Å²) in [6.07, 6.45) is 2.94. The second-order valence-electron chi connectivity index (χ2n) is 6.74. The summed E-state index contributed by atoms with van der Waals surface area (Å²) >= 11 is 2.66. The average molecular weight is 424 g/mol. The van der Waals surface area contributed by atoms with E-state index in [9.17, 15) is 14.4 Å². The maximum absolute atomic E-state index is 12.4. The third-order valence-corrected chi connectivity index (χ3v) is 5.66. The van der Waals surface area contributed by atoms with Gasteiger partial charge in [-0.15, -0.1) is 11.3 Å². The highest BCUT2D eigenvalue weighted by Gasteiger charge is 2.22. The molecule has 152 valence electrons. The number of H-pyrrole nitrogens is 1. The van der Waals surface area contributed by atoms with E-state index in [1.54, 1.807) is 6.92 Å². The van der Waals surface area contributed by atoms with Crippen LogP contribution in [0.5, 0.6) is 0 Å². The predicted octanol–water partition coefficient (Wildman–Crippen LogP) is 3.42. The molecule has 0 saturated heterocycles. The zero-order valence-electron chi connectivity index (χ0n) is 16.7. The molecule has 0 saturated carbocycles. The first-order valence-corrected chi connectivity index (χ1v) is 11.0. The van der Waals surface area contributed by atoms with Crippen molar-refractivity contribution in [2.75, 3.05) is 18.7 Å². The van der Waals surface area contributed by atoms with Crippen LogP contribution < -0.4 is 10.9 Å². The summed E-state index contributed by atoms with van der Waals surface area (Å²) in [7, 11) is 1.32. The third kappa shape index (κ3) is 5.45. The molecule has 2 rings (SSSR count). The van der Waals surface area contributed by atoms with Gasteiger partial charge >= 0.3 is 5.97 Å². The number of anilines is 1. The van der Waals surface area contributed by atoms with Crippen LogP contribution in [0.1, 0.15) is 47.4 Å². The van der Waals surface area contributed by atoms with E-state index in [1.807, 2.05) is 11.6 Å². The summed E-state index contributed by atoms with van der Waals surface area (Å²) in [5.74, 6) is -0.361. The van der Waals surface area contributed by atoms with Gasteiger partial charge in [0.05, 0.1) is 12.7 Å². The van der Waals surface area contributed by atoms with Gasteiger partial charge in [-0.1, -0.05) is 25.6 Å². The highest BCUT2D eigenvalue weighted by atomic mass is 32.2. The van der Waals surface area contributed by atoms with Crippen LogP contribution in [0.15, 0.2) is 15.3 Å². The molecular formula is C19H25N3O4S2. The van der Waals surface area contributed by atoms with Crippen molar-refractivity contribution in [3.05, 3.63) is 38.1 Å². The Balaban J connectivity index is 2.13. The van der Waals surface area contributed by atoms with E-state index in [-0.39, 0.29) is 24.3 Å². The molecule has 2 aromatic rings. The maximum atomic E-state index is 12.4. The fraction of sp³-hybridized carbons (Fsp3) is 0.474. The zero-order valence-corrected chi connectivity index (χ0v) is 18.3. The first-order chi connectivity index (χ1) is 13.3. The van der Waals surface area contributed by atoms with E-state index in [4.69, 9.17) is 4.74 Å². The van der Waals surface area contributed by atoms with E-state index < -0.39 is 5.97 Å². The Morgan fingerprint density at radius 2 is 2.11 bits per heavy atom. The number of ether oxygens (including phenoxy) is 1. The lowest BCUT2D eigenvalue weighted by molar-refractivity contribution is -0.116. The number of nitrogens with one attached hydrogen (secondary N) is 2. The first-order valence-electron chi connectivity index (χ1n) is 8.89. The lowest BCUT2D eigenvalue weighted by Gasteiger charge is -2.09. The van der Waals surface area contributed by atoms with Gasteiger partial charge in [-0.25, -0.2) is 9.78 Å². The van der Waals surface area contributed by atoms with Crippen LogP contribution in [0.3, 0.4) is 0 Å². The summed E-state index contributed by atoms with van der Waals surface area (Å²) in [6, 6.07) is 0. The maximum Gasteiger partial charge on any atom is 0.341 e. The molecule has 0 aliphatic rings. The molecule has 0 unspecified atom stereocenters. The number of hydrogen-bond donors (Lipinski definition) is 2. The minimum absolute atomic E-state index is 0.113. The third-order valence-electron chi connectivity index (χ3n) is 4.13. The summed E-state index contributed by atoms with van der Waals surface area (Å²) < 4.78 is 4.88. The standard InChI is InChI=1S/C19H25N3O4S2/c1-10(2)8-12-9-28-17(15(12)18(25)26-4)21-14(23)7-6-13-11(3)20-19(27-5)22-16(13)24/h9-10H,6-8H2,1-5H3,(H,21,23)(H,20,22,24). The summed E-state index contributed by atoms with van der Waals surface area (Å²) in [5, 5.41) is 5.70. The summed E-state index contributed by atoms with van der Waals surface area (Å²) in [5.41, 5.74) is 2.16. The molecule has 0 aromatic carbocycles. The SMILES string of the molecule is COC(=O)c1c(CC(C)C)csc1NC(=O)CCc1c(C)nc(SC)[nH]c1=O. The fourth-order valence-electron chi connectivity index (χ4n) is 2.80. The number of aromatic amines is 1. The first kappa shape index (κ1) is 22.2. The number of thiophene rings is 1. The Hall–Kier alpha value is -2.13. The van der Waals surface area contributed by atoms with Crippen molar-refractivity contribution >= 4 is 40.0 Å². The fourth-order valence-corrected chi connectivity index (χ4v) is 4.21. The summed E-state index contributed by atoms with van der Waals surface area (Å²) in [4.78, 5) is 43.8. The number of nitrogens with zero attached hydrogens (tertiary/aromatic N) is 1. The smallest absolute Gasteiger partial charge is 0.341 e. The number of carbonyl (C=O) groups excluding carboxylic acids is 2. The molecule has 7 nitrogen and oxygen atoms in total. The van der Waals surface area contributed by atoms with Gasteiger partial charge in [-0.05, 0) is 42.9 Å². The molecule has 2 heterocycles. The van der Waals surface area contributed by atoms with Crippen LogP contribution in [-0.4, -0.2) is 35.2 Å². The van der Waals surface area contributed by atoms with E-state index in [2.05, 4.69) is 29.1 Å². The lowest BCUT2D eigenvalue weighted by Crippen LogP contribution is -2.20. The van der Waals surface area contributed by atoms with Crippen LogP contribution in [0, 0.1) is 12.8 Å². The molecule has 1 amide bonds. The Labute approximate surface area is 172 Å². The number of thioether (sulfide) groups is 1. The number of methoxy groups -OCH3 is 1. The van der Waals surface area contributed by atoms with Crippen LogP contribution in [0.4, 0.5) is 5.00 Å². The number of amides is 1. The van der Waals surface area contributed by atoms with Gasteiger partial charge in [0, 0.05) is 17.7 Å². The minimum atomic E-state index is -0.462. The van der Waals surface area contributed by atoms with Crippen LogP contribution >= 0.6 is 23.1 Å². The quantitative estimate of drug-likeness (QED) is 0.383. The number of esters is 1. The molecular weight excluding hydrogens is 398 g/mol. The van der Waals surface area contributed by atoms with Crippen LogP contribution in [0.25, 0.3) is 0 Å². The summed E-state index contributed by atoms with van der Waals surface area (Å²) in [6.45, 7) is 5.88. The molecule has 0 aliphatic heterocycles. The average Bonchev–Trinajstić information content (AvgIpc) is 3.01. The zero-order chi connectivity index (χ0) is 20.8. The normalized spacial score (nSPS) is 10.9. The Morgan fingerprint density at radius 1 is 1.39 bits per heavy atom. The molecule has 2 aromatic heterocycles. The van der Waals surface area contributed by atoms with E-state index in [0.717, 1.165) is 12.0 Å². The van der Waals surface area contributed by atoms with Crippen molar-refractivity contribution in [3.8, 4) is 0 Å². The van der Waals surface area contributed by atoms with Crippen LogP contribution in [-0.2, 0) is 22.4 Å². The minimum Gasteiger partial charge on any atom is -0.465 e. The topological polar surface area (TPSA) is 101 Å². The van der Waals surface area contributed by atoms with Gasteiger partial charge in [0.1, 0.15) is 5.00 Å². The number of carbonyl (C=O) groups is 2. The number of hydrogen-bond acceptors (Lipinski definition) is 7. The second-order valence-corrected chi connectivity index (χ2v) is 8.42. The monoisotopic (exact) mass is 423 g/mol. The van der Waals surface area contributed by atoms with Gasteiger partial charge in [-0.3, -0.25) is 9.59 Å². The van der Waals surface area contributed by atoms with Crippen LogP contribution in [0.2, 0.25) is 0 Å². The number of aromatic nitrogens is 2. The van der Waals surface area contributed by atoms with Crippen molar-refractivity contribution in [2.45, 2.75) is 45.2 Å². The highest BCUT2D eigenvalue weighted by Crippen LogP contribution is 2.31. The van der Waals surface area contributed by atoms with Crippen molar-refractivity contribution in [2.24, 2.45) is 5.92 Å². The highest BCUT2D eigenvalue weighted by molar-refractivity contribution is 7.98. The molecule has 9 heteroatoms. The Morgan fingerprint density at radius 3 is 2.68 bits per heavy atom. The lowest BCUT2D eigenvalue weighted by atomic mass is 10.0. The van der Waals surface area contributed by atoms with E-state index in [0.29, 0.717) is 32.9 Å². The largest absolute Gasteiger partial charge is 0.465 e. The Bertz CT molecular complexity index is 918. The number of rotatable bonds is 8. The van der Waals surface area contributed by atoms with Gasteiger partial charge in [0.15, 0.2) is 5.16 Å². The van der Waals surface area contributed by atoms with E-state index in [1.165, 1.54) is 30.2 Å². The Kier molecular flexibility index (Phi) is 7.82. The molecule has 0 fully saturated rings. The van der Waals surface area contributed by atoms with Crippen molar-refractivity contribution in [3.63, 3.8) is 0 Å². The van der Waals surface area contributed by atoms with Gasteiger partial charge in [0.2, 0.25) is 5.91 Å². The van der Waals surface area contributed by atoms with Crippen molar-refractivity contribution < 1.29 is 14.3 Å². The molecule has 28 heavy (non-hydrogen) atoms. The molecule has 0 radical (unpaired) electrons. The second kappa shape index (κ2) is 9.88. The van der Waals surface area contributed by atoms with Gasteiger partial charge in [0.25, 0.3) is 5.56 Å². The van der Waals surface area contributed by atoms with Gasteiger partial charge < -0.3 is 15.0 Å². The number of aryl methyl sites for hydroxylation is 1. The predicted molar refractivity (Wildman–Crippen MR) is 113 cm³/mol. The van der Waals surface area contributed by atoms with Gasteiger partial charge in [-0.2, -0.15) is 0 Å². The van der Waals surface area contributed by atoms with Crippen molar-refractivity contribution in [1.29, 1.82) is 0 Å². The molecule has 0 aliphatic carbocycles. The van der Waals surface area contributed by atoms with Crippen molar-refractivity contribution in [1.82, 2.24) is 9.97 Å². The molecule has 0 atom stereocenters. The molecule has 0 spiro atoms.